The number of nitrogens with zero attached hydrogens (tertiary/aromatic N) is 1. The van der Waals surface area contributed by atoms with Crippen LogP contribution < -0.4 is 0 Å². The smallest absolute Gasteiger partial charge is 0.338 e. The van der Waals surface area contributed by atoms with Crippen LogP contribution in [0.1, 0.15) is 52.4 Å². The molecule has 4 aliphatic rings. The van der Waals surface area contributed by atoms with Crippen LogP contribution in [0.15, 0.2) is 12.2 Å². The summed E-state index contributed by atoms with van der Waals surface area (Å²) in [5, 5.41) is 9.21. The summed E-state index contributed by atoms with van der Waals surface area (Å²) in [6, 6.07) is 0.246. The van der Waals surface area contributed by atoms with E-state index in [0.29, 0.717) is 24.2 Å². The van der Waals surface area contributed by atoms with E-state index >= 15 is 0 Å². The summed E-state index contributed by atoms with van der Waals surface area (Å²) in [6.07, 6.45) is 7.69. The number of carboxylic acids is 1. The number of hydrogen-bond acceptors (Lipinski definition) is 2. The number of likely N-dealkylation sites (N-methyl/N-ethyl adjacent to an activating group) is 1. The van der Waals surface area contributed by atoms with E-state index < -0.39 is 12.1 Å². The maximum absolute atomic E-state index is 14.5. The van der Waals surface area contributed by atoms with Gasteiger partial charge in [0, 0.05) is 24.4 Å². The first-order valence-corrected chi connectivity index (χ1v) is 10.0. The van der Waals surface area contributed by atoms with E-state index in [-0.39, 0.29) is 28.7 Å². The molecule has 0 aromatic carbocycles. The van der Waals surface area contributed by atoms with Crippen molar-refractivity contribution in [2.45, 2.75) is 64.6 Å². The molecule has 144 valence electrons. The molecule has 3 saturated carbocycles. The Bertz CT molecular complexity index is 664. The fourth-order valence-electron chi connectivity index (χ4n) is 7.43. The van der Waals surface area contributed by atoms with E-state index in [0.717, 1.165) is 32.1 Å². The maximum Gasteiger partial charge on any atom is 0.338 e. The maximum atomic E-state index is 14.5. The Balaban J connectivity index is 1.64. The Labute approximate surface area is 154 Å². The van der Waals surface area contributed by atoms with Crippen molar-refractivity contribution in [3.8, 4) is 0 Å². The predicted octanol–water partition coefficient (Wildman–Crippen LogP) is 3.66. The predicted molar refractivity (Wildman–Crippen MR) is 96.1 cm³/mol. The molecule has 4 nitrogen and oxygen atoms in total. The molecule has 3 fully saturated rings. The van der Waals surface area contributed by atoms with Crippen molar-refractivity contribution in [2.75, 3.05) is 7.05 Å². The Morgan fingerprint density at radius 2 is 1.96 bits per heavy atom. The minimum Gasteiger partial charge on any atom is -0.479 e. The van der Waals surface area contributed by atoms with Gasteiger partial charge in [0.25, 0.3) is 0 Å². The first-order chi connectivity index (χ1) is 12.2. The highest BCUT2D eigenvalue weighted by Crippen LogP contribution is 2.66. The number of amides is 1. The van der Waals surface area contributed by atoms with Gasteiger partial charge in [-0.1, -0.05) is 19.9 Å². The third-order valence-electron chi connectivity index (χ3n) is 8.79. The molecule has 0 saturated heterocycles. The van der Waals surface area contributed by atoms with Crippen molar-refractivity contribution in [3.63, 3.8) is 0 Å². The molecule has 0 bridgehead atoms. The molecule has 0 aromatic heterocycles. The molecule has 3 aliphatic carbocycles. The number of hydrogen-bond donors (Lipinski definition) is 1. The monoisotopic (exact) mass is 363 g/mol. The number of halogens is 1. The lowest BCUT2D eigenvalue weighted by Crippen LogP contribution is -2.59. The molecule has 0 spiro atoms. The van der Waals surface area contributed by atoms with Crippen molar-refractivity contribution >= 4 is 11.9 Å². The van der Waals surface area contributed by atoms with Gasteiger partial charge in [-0.2, -0.15) is 0 Å². The molecule has 1 N–H and O–H groups in total. The van der Waals surface area contributed by atoms with Crippen LogP contribution in [-0.2, 0) is 9.59 Å². The summed E-state index contributed by atoms with van der Waals surface area (Å²) >= 11 is 0. The average molecular weight is 363 g/mol. The molecule has 5 heteroatoms. The molecule has 3 unspecified atom stereocenters. The van der Waals surface area contributed by atoms with Gasteiger partial charge in [0.2, 0.25) is 5.91 Å². The van der Waals surface area contributed by atoms with E-state index in [4.69, 9.17) is 0 Å². The van der Waals surface area contributed by atoms with Crippen LogP contribution in [0.5, 0.6) is 0 Å². The second-order valence-electron chi connectivity index (χ2n) is 9.59. The Morgan fingerprint density at radius 3 is 2.65 bits per heavy atom. The molecule has 1 aliphatic heterocycles. The summed E-state index contributed by atoms with van der Waals surface area (Å²) in [5.41, 5.74) is -0.227. The van der Waals surface area contributed by atoms with Gasteiger partial charge in [-0.05, 0) is 67.8 Å². The third kappa shape index (κ3) is 2.24. The van der Waals surface area contributed by atoms with E-state index in [1.165, 1.54) is 0 Å². The molecule has 1 heterocycles. The van der Waals surface area contributed by atoms with Crippen LogP contribution in [0.4, 0.5) is 4.39 Å². The zero-order chi connectivity index (χ0) is 18.9. The third-order valence-corrected chi connectivity index (χ3v) is 8.79. The lowest BCUT2D eigenvalue weighted by molar-refractivity contribution is -0.150. The molecule has 26 heavy (non-hydrogen) atoms. The summed E-state index contributed by atoms with van der Waals surface area (Å²) < 4.78 is 14.5. The highest BCUT2D eigenvalue weighted by molar-refractivity contribution is 5.89. The summed E-state index contributed by atoms with van der Waals surface area (Å²) in [5.74, 6) is -0.167. The first-order valence-electron chi connectivity index (χ1n) is 10.0. The van der Waals surface area contributed by atoms with Crippen LogP contribution in [0.3, 0.4) is 0 Å². The molecule has 0 radical (unpaired) electrons. The minimum atomic E-state index is -1.74. The number of carboxylic acid groups (broad SMARTS) is 1. The van der Waals surface area contributed by atoms with Gasteiger partial charge in [-0.3, -0.25) is 4.79 Å². The van der Waals surface area contributed by atoms with Crippen molar-refractivity contribution in [1.29, 1.82) is 0 Å². The van der Waals surface area contributed by atoms with Crippen LogP contribution in [0.2, 0.25) is 0 Å². The zero-order valence-corrected chi connectivity index (χ0v) is 16.0. The topological polar surface area (TPSA) is 57.6 Å². The van der Waals surface area contributed by atoms with Crippen molar-refractivity contribution in [3.05, 3.63) is 12.2 Å². The van der Waals surface area contributed by atoms with Gasteiger partial charge in [-0.25, -0.2) is 9.18 Å². The van der Waals surface area contributed by atoms with Crippen molar-refractivity contribution in [2.24, 2.45) is 34.5 Å². The molecule has 8 atom stereocenters. The number of rotatable bonds is 2. The largest absolute Gasteiger partial charge is 0.479 e. The van der Waals surface area contributed by atoms with Gasteiger partial charge < -0.3 is 10.0 Å². The van der Waals surface area contributed by atoms with E-state index in [9.17, 15) is 19.1 Å². The quantitative estimate of drug-likeness (QED) is 0.814. The van der Waals surface area contributed by atoms with Gasteiger partial charge in [-0.15, -0.1) is 0 Å². The standard InChI is InChI=1S/C21H30FNO3/c1-20-10-8-14-12(13(20)5-6-15(20)18(22)19(25)26)4-7-16-21(14,2)11-9-17(24)23(16)3/h9,11-16,18H,4-8,10H2,1-3H3,(H,25,26)/t12?,13-,14?,15+,16+,18?,20-,21+/m0/s1. The summed E-state index contributed by atoms with van der Waals surface area (Å²) in [4.78, 5) is 25.3. The summed E-state index contributed by atoms with van der Waals surface area (Å²) in [6.45, 7) is 4.43. The van der Waals surface area contributed by atoms with E-state index in [1.807, 2.05) is 11.9 Å². The van der Waals surface area contributed by atoms with Crippen LogP contribution in [-0.4, -0.2) is 41.1 Å². The van der Waals surface area contributed by atoms with Gasteiger partial charge >= 0.3 is 5.97 Å². The van der Waals surface area contributed by atoms with Gasteiger partial charge in [0.05, 0.1) is 0 Å². The van der Waals surface area contributed by atoms with E-state index in [1.54, 1.807) is 6.08 Å². The average Bonchev–Trinajstić information content (AvgIpc) is 2.95. The lowest BCUT2D eigenvalue weighted by atomic mass is 9.47. The molecular formula is C21H30FNO3. The van der Waals surface area contributed by atoms with E-state index in [2.05, 4.69) is 19.9 Å². The van der Waals surface area contributed by atoms with Gasteiger partial charge in [0.1, 0.15) is 0 Å². The first kappa shape index (κ1) is 18.0. The fraction of sp³-hybridized carbons (Fsp3) is 0.810. The SMILES string of the molecule is CN1C(=O)C=C[C@]2(C)C3CC[C@]4(C)[C@@H](C(F)C(=O)O)CC[C@H]4C3CC[C@@H]12. The Kier molecular flexibility index (Phi) is 4.02. The number of fused-ring (bicyclic) bond motifs is 5. The molecular weight excluding hydrogens is 333 g/mol. The highest BCUT2D eigenvalue weighted by atomic mass is 19.1. The zero-order valence-electron chi connectivity index (χ0n) is 16.0. The lowest BCUT2D eigenvalue weighted by Gasteiger charge is -2.60. The number of carbonyl (C=O) groups excluding carboxylic acids is 1. The van der Waals surface area contributed by atoms with Crippen LogP contribution in [0.25, 0.3) is 0 Å². The Hall–Kier alpha value is -1.39. The highest BCUT2D eigenvalue weighted by Gasteiger charge is 2.62. The number of aliphatic carboxylic acids is 1. The molecule has 4 rings (SSSR count). The van der Waals surface area contributed by atoms with Crippen LogP contribution >= 0.6 is 0 Å². The second kappa shape index (κ2) is 5.80. The van der Waals surface area contributed by atoms with Crippen LogP contribution in [0, 0.1) is 34.5 Å². The Morgan fingerprint density at radius 1 is 1.23 bits per heavy atom. The summed E-state index contributed by atoms with van der Waals surface area (Å²) in [7, 11) is 1.91. The number of alkyl halides is 1. The fourth-order valence-corrected chi connectivity index (χ4v) is 7.43. The van der Waals surface area contributed by atoms with Gasteiger partial charge in [0.15, 0.2) is 6.17 Å². The van der Waals surface area contributed by atoms with Crippen molar-refractivity contribution in [1.82, 2.24) is 4.90 Å². The number of carbonyl (C=O) groups is 2. The molecule has 0 aromatic rings. The minimum absolute atomic E-state index is 0.0209. The normalized spacial score (nSPS) is 48.5. The molecule has 1 amide bonds. The second-order valence-corrected chi connectivity index (χ2v) is 9.59. The van der Waals surface area contributed by atoms with Crippen molar-refractivity contribution < 1.29 is 19.1 Å².